The zero-order chi connectivity index (χ0) is 15.8. The second-order valence-electron chi connectivity index (χ2n) is 5.13. The van der Waals surface area contributed by atoms with Gasteiger partial charge in [0.2, 0.25) is 0 Å². The molecule has 2 rings (SSSR count). The summed E-state index contributed by atoms with van der Waals surface area (Å²) >= 11 is 1.73. The van der Waals surface area contributed by atoms with Crippen LogP contribution in [0.15, 0.2) is 46.8 Å². The molecular formula is C17H24IN3OS. The van der Waals surface area contributed by atoms with Gasteiger partial charge in [0, 0.05) is 11.9 Å². The number of nitrogens with one attached hydrogen (secondary N) is 2. The first-order valence-corrected chi connectivity index (χ1v) is 8.25. The number of aryl methyl sites for hydroxylation is 1. The Labute approximate surface area is 159 Å². The van der Waals surface area contributed by atoms with E-state index in [9.17, 15) is 0 Å². The van der Waals surface area contributed by atoms with E-state index in [4.69, 9.17) is 4.74 Å². The number of halogens is 1. The molecule has 0 saturated carbocycles. The number of rotatable bonds is 6. The van der Waals surface area contributed by atoms with Crippen LogP contribution in [0.25, 0.3) is 0 Å². The second kappa shape index (κ2) is 10.5. The molecule has 0 saturated heterocycles. The van der Waals surface area contributed by atoms with E-state index in [0.29, 0.717) is 6.54 Å². The molecule has 0 aliphatic rings. The molecule has 1 heterocycles. The standard InChI is InChI=1S/C17H23N3OS.HI/c1-13-6-4-7-15(10-13)21-14(2)11-19-17(18-3)20-12-16-8-5-9-22-16;/h4-10,14H,11-12H2,1-3H3,(H2,18,19,20);1H. The van der Waals surface area contributed by atoms with E-state index in [1.165, 1.54) is 10.4 Å². The van der Waals surface area contributed by atoms with Crippen LogP contribution in [0.2, 0.25) is 0 Å². The van der Waals surface area contributed by atoms with Crippen LogP contribution in [0.4, 0.5) is 0 Å². The van der Waals surface area contributed by atoms with Crippen molar-refractivity contribution in [3.8, 4) is 5.75 Å². The van der Waals surface area contributed by atoms with Crippen LogP contribution in [0.3, 0.4) is 0 Å². The fourth-order valence-corrected chi connectivity index (χ4v) is 2.65. The highest BCUT2D eigenvalue weighted by atomic mass is 127. The summed E-state index contributed by atoms with van der Waals surface area (Å²) in [4.78, 5) is 5.51. The summed E-state index contributed by atoms with van der Waals surface area (Å²) in [5, 5.41) is 8.65. The van der Waals surface area contributed by atoms with E-state index in [-0.39, 0.29) is 30.1 Å². The number of guanidine groups is 1. The number of hydrogen-bond acceptors (Lipinski definition) is 3. The van der Waals surface area contributed by atoms with Crippen molar-refractivity contribution in [2.24, 2.45) is 4.99 Å². The quantitative estimate of drug-likeness (QED) is 0.404. The zero-order valence-corrected chi connectivity index (χ0v) is 16.9. The maximum Gasteiger partial charge on any atom is 0.191 e. The van der Waals surface area contributed by atoms with Crippen molar-refractivity contribution in [3.05, 3.63) is 52.2 Å². The molecule has 0 aliphatic heterocycles. The molecule has 0 bridgehead atoms. The van der Waals surface area contributed by atoms with Crippen molar-refractivity contribution >= 4 is 41.3 Å². The molecule has 0 amide bonds. The van der Waals surface area contributed by atoms with E-state index < -0.39 is 0 Å². The Morgan fingerprint density at radius 3 is 2.74 bits per heavy atom. The maximum atomic E-state index is 5.90. The normalized spacial score (nSPS) is 12.2. The van der Waals surface area contributed by atoms with Gasteiger partial charge in [0.25, 0.3) is 0 Å². The summed E-state index contributed by atoms with van der Waals surface area (Å²) in [6, 6.07) is 12.2. The van der Waals surface area contributed by atoms with Crippen LogP contribution in [0.5, 0.6) is 5.75 Å². The van der Waals surface area contributed by atoms with E-state index >= 15 is 0 Å². The monoisotopic (exact) mass is 445 g/mol. The largest absolute Gasteiger partial charge is 0.489 e. The first-order chi connectivity index (χ1) is 10.7. The van der Waals surface area contributed by atoms with Gasteiger partial charge in [0.15, 0.2) is 5.96 Å². The summed E-state index contributed by atoms with van der Waals surface area (Å²) in [6.45, 7) is 5.58. The van der Waals surface area contributed by atoms with Gasteiger partial charge in [0.1, 0.15) is 11.9 Å². The lowest BCUT2D eigenvalue weighted by Gasteiger charge is -2.17. The van der Waals surface area contributed by atoms with Crippen molar-refractivity contribution in [3.63, 3.8) is 0 Å². The van der Waals surface area contributed by atoms with Gasteiger partial charge in [0.05, 0.1) is 13.1 Å². The minimum atomic E-state index is 0. The molecule has 1 unspecified atom stereocenters. The van der Waals surface area contributed by atoms with Gasteiger partial charge < -0.3 is 15.4 Å². The molecule has 2 N–H and O–H groups in total. The summed E-state index contributed by atoms with van der Waals surface area (Å²) < 4.78 is 5.90. The molecule has 0 fully saturated rings. The molecule has 0 spiro atoms. The Morgan fingerprint density at radius 1 is 1.26 bits per heavy atom. The van der Waals surface area contributed by atoms with Gasteiger partial charge >= 0.3 is 0 Å². The van der Waals surface area contributed by atoms with Crippen LogP contribution in [0.1, 0.15) is 17.4 Å². The number of hydrogen-bond donors (Lipinski definition) is 2. The molecule has 1 aromatic heterocycles. The summed E-state index contributed by atoms with van der Waals surface area (Å²) in [5.41, 5.74) is 1.20. The van der Waals surface area contributed by atoms with Gasteiger partial charge in [-0.25, -0.2) is 0 Å². The minimum absolute atomic E-state index is 0. The Hall–Kier alpha value is -1.28. The summed E-state index contributed by atoms with van der Waals surface area (Å²) in [6.07, 6.45) is 0.0575. The zero-order valence-electron chi connectivity index (χ0n) is 13.7. The van der Waals surface area contributed by atoms with Gasteiger partial charge in [-0.3, -0.25) is 4.99 Å². The molecule has 0 aliphatic carbocycles. The lowest BCUT2D eigenvalue weighted by atomic mass is 10.2. The highest BCUT2D eigenvalue weighted by molar-refractivity contribution is 14.0. The van der Waals surface area contributed by atoms with Crippen LogP contribution in [-0.4, -0.2) is 25.7 Å². The summed E-state index contributed by atoms with van der Waals surface area (Å²) in [5.74, 6) is 1.68. The van der Waals surface area contributed by atoms with Crippen molar-refractivity contribution in [1.82, 2.24) is 10.6 Å². The highest BCUT2D eigenvalue weighted by Crippen LogP contribution is 2.13. The maximum absolute atomic E-state index is 5.90. The van der Waals surface area contributed by atoms with E-state index in [2.05, 4.69) is 46.1 Å². The Kier molecular flexibility index (Phi) is 9.01. The third-order valence-electron chi connectivity index (χ3n) is 3.12. The van der Waals surface area contributed by atoms with Crippen molar-refractivity contribution in [1.29, 1.82) is 0 Å². The van der Waals surface area contributed by atoms with Crippen LogP contribution in [0, 0.1) is 6.92 Å². The van der Waals surface area contributed by atoms with Gasteiger partial charge in [-0.2, -0.15) is 0 Å². The molecule has 1 aromatic carbocycles. The topological polar surface area (TPSA) is 45.7 Å². The van der Waals surface area contributed by atoms with E-state index in [0.717, 1.165) is 18.3 Å². The first-order valence-electron chi connectivity index (χ1n) is 7.37. The lowest BCUT2D eigenvalue weighted by molar-refractivity contribution is 0.223. The fourth-order valence-electron chi connectivity index (χ4n) is 2.01. The molecule has 4 nitrogen and oxygen atoms in total. The van der Waals surface area contributed by atoms with E-state index in [1.54, 1.807) is 18.4 Å². The predicted octanol–water partition coefficient (Wildman–Crippen LogP) is 3.81. The number of benzene rings is 1. The summed E-state index contributed by atoms with van der Waals surface area (Å²) in [7, 11) is 1.77. The lowest BCUT2D eigenvalue weighted by Crippen LogP contribution is -2.41. The van der Waals surface area contributed by atoms with E-state index in [1.807, 2.05) is 25.1 Å². The Morgan fingerprint density at radius 2 is 2.09 bits per heavy atom. The highest BCUT2D eigenvalue weighted by Gasteiger charge is 2.06. The number of thiophene rings is 1. The molecule has 0 radical (unpaired) electrons. The van der Waals surface area contributed by atoms with Crippen LogP contribution < -0.4 is 15.4 Å². The Balaban J connectivity index is 0.00000264. The number of aliphatic imine (C=N–C) groups is 1. The Bertz CT molecular complexity index is 602. The van der Waals surface area contributed by atoms with Gasteiger partial charge in [-0.15, -0.1) is 35.3 Å². The average molecular weight is 445 g/mol. The number of nitrogens with zero attached hydrogens (tertiary/aromatic N) is 1. The van der Waals surface area contributed by atoms with Gasteiger partial charge in [-0.1, -0.05) is 18.2 Å². The molecule has 1 atom stereocenters. The van der Waals surface area contributed by atoms with Crippen LogP contribution in [-0.2, 0) is 6.54 Å². The van der Waals surface area contributed by atoms with Crippen molar-refractivity contribution in [2.45, 2.75) is 26.5 Å². The number of ether oxygens (including phenoxy) is 1. The second-order valence-corrected chi connectivity index (χ2v) is 6.16. The molecule has 2 aromatic rings. The molecule has 126 valence electrons. The third kappa shape index (κ3) is 7.22. The minimum Gasteiger partial charge on any atom is -0.489 e. The SMILES string of the molecule is CN=C(NCc1cccs1)NCC(C)Oc1cccc(C)c1.I. The van der Waals surface area contributed by atoms with Crippen LogP contribution >= 0.6 is 35.3 Å². The molecule has 6 heteroatoms. The molecule has 23 heavy (non-hydrogen) atoms. The molecular weight excluding hydrogens is 421 g/mol. The smallest absolute Gasteiger partial charge is 0.191 e. The predicted molar refractivity (Wildman–Crippen MR) is 109 cm³/mol. The third-order valence-corrected chi connectivity index (χ3v) is 3.99. The van der Waals surface area contributed by atoms with Crippen molar-refractivity contribution < 1.29 is 4.74 Å². The first kappa shape index (κ1) is 19.8. The van der Waals surface area contributed by atoms with Gasteiger partial charge in [-0.05, 0) is 43.0 Å². The van der Waals surface area contributed by atoms with Crippen molar-refractivity contribution in [2.75, 3.05) is 13.6 Å². The fraction of sp³-hybridized carbons (Fsp3) is 0.353. The average Bonchev–Trinajstić information content (AvgIpc) is 3.01.